The van der Waals surface area contributed by atoms with Crippen LogP contribution in [0.25, 0.3) is 0 Å². The minimum absolute atomic E-state index is 0.0882. The van der Waals surface area contributed by atoms with Crippen molar-refractivity contribution < 1.29 is 4.79 Å². The lowest BCUT2D eigenvalue weighted by Gasteiger charge is -2.21. The molecule has 0 aliphatic heterocycles. The molecule has 4 heteroatoms. The van der Waals surface area contributed by atoms with Crippen LogP contribution in [-0.2, 0) is 4.79 Å². The van der Waals surface area contributed by atoms with Gasteiger partial charge in [-0.3, -0.25) is 9.69 Å². The molecule has 0 saturated heterocycles. The van der Waals surface area contributed by atoms with Gasteiger partial charge in [0, 0.05) is 17.6 Å². The zero-order chi connectivity index (χ0) is 11.6. The highest BCUT2D eigenvalue weighted by Crippen LogP contribution is 2.28. The molecular formula is C11H13Cl2NO. The summed E-state index contributed by atoms with van der Waals surface area (Å²) in [5, 5.41) is 0.654. The summed E-state index contributed by atoms with van der Waals surface area (Å²) >= 11 is 11.8. The van der Waals surface area contributed by atoms with Crippen LogP contribution in [-0.4, -0.2) is 11.9 Å². The van der Waals surface area contributed by atoms with Crippen LogP contribution >= 0.6 is 23.2 Å². The first-order valence-electron chi connectivity index (χ1n) is 4.58. The first-order valence-corrected chi connectivity index (χ1v) is 5.49. The van der Waals surface area contributed by atoms with Gasteiger partial charge in [-0.25, -0.2) is 0 Å². The summed E-state index contributed by atoms with van der Waals surface area (Å²) in [5.41, 5.74) is 2.66. The molecule has 15 heavy (non-hydrogen) atoms. The van der Waals surface area contributed by atoms with Crippen LogP contribution in [0.15, 0.2) is 12.1 Å². The fraction of sp³-hybridized carbons (Fsp3) is 0.364. The number of nitrogens with zero attached hydrogens (tertiary/aromatic N) is 1. The SMILES string of the molecule is CC(=O)N(CCl)c1cc(C)cc(Cl)c1C. The van der Waals surface area contributed by atoms with E-state index in [2.05, 4.69) is 0 Å². The monoisotopic (exact) mass is 245 g/mol. The molecule has 1 rings (SSSR count). The van der Waals surface area contributed by atoms with Gasteiger partial charge >= 0.3 is 0 Å². The summed E-state index contributed by atoms with van der Waals surface area (Å²) in [7, 11) is 0. The normalized spacial score (nSPS) is 10.2. The molecule has 1 aromatic rings. The Morgan fingerprint density at radius 1 is 1.40 bits per heavy atom. The number of amides is 1. The Hall–Kier alpha value is -0.730. The molecule has 0 spiro atoms. The van der Waals surface area contributed by atoms with Crippen molar-refractivity contribution in [3.8, 4) is 0 Å². The molecule has 0 saturated carbocycles. The number of hydrogen-bond acceptors (Lipinski definition) is 1. The van der Waals surface area contributed by atoms with Crippen LogP contribution < -0.4 is 4.90 Å². The highest BCUT2D eigenvalue weighted by molar-refractivity contribution is 6.32. The van der Waals surface area contributed by atoms with E-state index < -0.39 is 0 Å². The molecule has 0 aliphatic rings. The first-order chi connectivity index (χ1) is 6.97. The maximum Gasteiger partial charge on any atom is 0.224 e. The molecule has 1 aromatic carbocycles. The zero-order valence-corrected chi connectivity index (χ0v) is 10.5. The molecule has 0 aromatic heterocycles. The Bertz CT molecular complexity index is 390. The van der Waals surface area contributed by atoms with Crippen molar-refractivity contribution in [1.82, 2.24) is 0 Å². The van der Waals surface area contributed by atoms with E-state index in [9.17, 15) is 4.79 Å². The second-order valence-corrected chi connectivity index (χ2v) is 4.10. The Morgan fingerprint density at radius 3 is 2.47 bits per heavy atom. The fourth-order valence-corrected chi connectivity index (χ4v) is 1.96. The number of alkyl halides is 1. The summed E-state index contributed by atoms with van der Waals surface area (Å²) in [4.78, 5) is 12.8. The molecule has 1 amide bonds. The van der Waals surface area contributed by atoms with Gasteiger partial charge in [0.1, 0.15) is 6.00 Å². The van der Waals surface area contributed by atoms with Crippen molar-refractivity contribution in [3.63, 3.8) is 0 Å². The molecule has 0 heterocycles. The van der Waals surface area contributed by atoms with Crippen molar-refractivity contribution in [2.75, 3.05) is 10.9 Å². The van der Waals surface area contributed by atoms with Crippen molar-refractivity contribution in [2.24, 2.45) is 0 Å². The number of aryl methyl sites for hydroxylation is 1. The molecule has 0 fully saturated rings. The predicted octanol–water partition coefficient (Wildman–Crippen LogP) is 3.51. The third kappa shape index (κ3) is 2.64. The van der Waals surface area contributed by atoms with Crippen LogP contribution in [0.5, 0.6) is 0 Å². The number of halogens is 2. The van der Waals surface area contributed by atoms with E-state index in [0.717, 1.165) is 16.8 Å². The van der Waals surface area contributed by atoms with Crippen LogP contribution in [0.3, 0.4) is 0 Å². The third-order valence-corrected chi connectivity index (χ3v) is 2.88. The quantitative estimate of drug-likeness (QED) is 0.577. The summed E-state index contributed by atoms with van der Waals surface area (Å²) in [5.74, 6) is -0.0882. The van der Waals surface area contributed by atoms with E-state index in [4.69, 9.17) is 23.2 Å². The molecular weight excluding hydrogens is 233 g/mol. The van der Waals surface area contributed by atoms with E-state index in [1.54, 1.807) is 0 Å². The Balaban J connectivity index is 3.28. The largest absolute Gasteiger partial charge is 0.298 e. The lowest BCUT2D eigenvalue weighted by molar-refractivity contribution is -0.116. The highest BCUT2D eigenvalue weighted by atomic mass is 35.5. The average molecular weight is 246 g/mol. The summed E-state index contributed by atoms with van der Waals surface area (Å²) in [6.07, 6.45) is 0. The van der Waals surface area contributed by atoms with Crippen molar-refractivity contribution in [2.45, 2.75) is 20.8 Å². The number of hydrogen-bond donors (Lipinski definition) is 0. The lowest BCUT2D eigenvalue weighted by Crippen LogP contribution is -2.27. The minimum atomic E-state index is -0.0882. The second-order valence-electron chi connectivity index (χ2n) is 3.46. The molecule has 0 N–H and O–H groups in total. The van der Waals surface area contributed by atoms with Gasteiger partial charge in [-0.2, -0.15) is 0 Å². The van der Waals surface area contributed by atoms with E-state index in [1.807, 2.05) is 26.0 Å². The molecule has 0 radical (unpaired) electrons. The van der Waals surface area contributed by atoms with Gasteiger partial charge in [-0.15, -0.1) is 11.6 Å². The van der Waals surface area contributed by atoms with Gasteiger partial charge in [0.15, 0.2) is 0 Å². The topological polar surface area (TPSA) is 20.3 Å². The van der Waals surface area contributed by atoms with E-state index in [0.29, 0.717) is 5.02 Å². The summed E-state index contributed by atoms with van der Waals surface area (Å²) in [6.45, 7) is 5.29. The van der Waals surface area contributed by atoms with Crippen molar-refractivity contribution >= 4 is 34.8 Å². The first kappa shape index (κ1) is 12.3. The average Bonchev–Trinajstić information content (AvgIpc) is 2.13. The molecule has 0 unspecified atom stereocenters. The summed E-state index contributed by atoms with van der Waals surface area (Å²) in [6, 6.07) is 3.91. The van der Waals surface area contributed by atoms with E-state index >= 15 is 0 Å². The second kappa shape index (κ2) is 4.86. The number of rotatable bonds is 2. The molecule has 0 bridgehead atoms. The minimum Gasteiger partial charge on any atom is -0.298 e. The summed E-state index contributed by atoms with van der Waals surface area (Å²) < 4.78 is 0. The van der Waals surface area contributed by atoms with Gasteiger partial charge in [-0.1, -0.05) is 11.6 Å². The van der Waals surface area contributed by atoms with Gasteiger partial charge in [-0.05, 0) is 37.1 Å². The Kier molecular flexibility index (Phi) is 4.00. The Labute approximate surface area is 99.8 Å². The van der Waals surface area contributed by atoms with Crippen LogP contribution in [0.2, 0.25) is 5.02 Å². The third-order valence-electron chi connectivity index (χ3n) is 2.25. The van der Waals surface area contributed by atoms with Crippen LogP contribution in [0.1, 0.15) is 18.1 Å². The molecule has 2 nitrogen and oxygen atoms in total. The predicted molar refractivity (Wildman–Crippen MR) is 64.8 cm³/mol. The smallest absolute Gasteiger partial charge is 0.224 e. The number of carbonyl (C=O) groups excluding carboxylic acids is 1. The molecule has 0 atom stereocenters. The highest BCUT2D eigenvalue weighted by Gasteiger charge is 2.14. The van der Waals surface area contributed by atoms with E-state index in [1.165, 1.54) is 11.8 Å². The zero-order valence-electron chi connectivity index (χ0n) is 8.97. The van der Waals surface area contributed by atoms with Crippen molar-refractivity contribution in [1.29, 1.82) is 0 Å². The maximum absolute atomic E-state index is 11.3. The number of anilines is 1. The van der Waals surface area contributed by atoms with Gasteiger partial charge in [0.2, 0.25) is 5.91 Å². The van der Waals surface area contributed by atoms with Gasteiger partial charge < -0.3 is 0 Å². The van der Waals surface area contributed by atoms with E-state index in [-0.39, 0.29) is 11.9 Å². The van der Waals surface area contributed by atoms with Crippen LogP contribution in [0.4, 0.5) is 5.69 Å². The van der Waals surface area contributed by atoms with Gasteiger partial charge in [0.25, 0.3) is 0 Å². The van der Waals surface area contributed by atoms with Crippen molar-refractivity contribution in [3.05, 3.63) is 28.3 Å². The Morgan fingerprint density at radius 2 is 2.00 bits per heavy atom. The number of benzene rings is 1. The lowest BCUT2D eigenvalue weighted by atomic mass is 10.1. The molecule has 0 aliphatic carbocycles. The standard InChI is InChI=1S/C11H13Cl2NO/c1-7-4-10(13)8(2)11(5-7)14(6-12)9(3)15/h4-5H,6H2,1-3H3. The fourth-order valence-electron chi connectivity index (χ4n) is 1.39. The maximum atomic E-state index is 11.3. The van der Waals surface area contributed by atoms with Crippen LogP contribution in [0, 0.1) is 13.8 Å². The van der Waals surface area contributed by atoms with Gasteiger partial charge in [0.05, 0.1) is 0 Å². The number of carbonyl (C=O) groups is 1. The molecule has 82 valence electrons.